The van der Waals surface area contributed by atoms with Gasteiger partial charge in [-0.1, -0.05) is 24.3 Å². The van der Waals surface area contributed by atoms with Gasteiger partial charge in [0, 0.05) is 23.7 Å². The highest BCUT2D eigenvalue weighted by molar-refractivity contribution is 8.18. The Balaban J connectivity index is 1.65. The summed E-state index contributed by atoms with van der Waals surface area (Å²) >= 11 is 2.78. The second kappa shape index (κ2) is 7.31. The summed E-state index contributed by atoms with van der Waals surface area (Å²) in [6, 6.07) is 7.85. The first-order valence-corrected chi connectivity index (χ1v) is 9.67. The van der Waals surface area contributed by atoms with Crippen LogP contribution in [0.25, 0.3) is 6.08 Å². The standard InChI is InChI=1S/C19H15N3O2S2/c1-2-8-22-17(23)16(26-19(22)21-18-20-7-9-25-18)11-13-10-14-5-3-4-6-15(14)24-12-13/h2-7,9-11H,1,8,12H2/b16-11+,21-19?. The average Bonchev–Trinajstić information content (AvgIpc) is 3.26. The number of aliphatic imine (C=N–C) groups is 1. The number of hydrogen-bond acceptors (Lipinski definition) is 6. The minimum Gasteiger partial charge on any atom is -0.488 e. The Morgan fingerprint density at radius 2 is 2.27 bits per heavy atom. The minimum absolute atomic E-state index is 0.0787. The molecule has 1 aromatic carbocycles. The molecule has 0 spiro atoms. The first kappa shape index (κ1) is 16.8. The van der Waals surface area contributed by atoms with Gasteiger partial charge in [-0.05, 0) is 35.6 Å². The van der Waals surface area contributed by atoms with E-state index >= 15 is 0 Å². The van der Waals surface area contributed by atoms with Crippen LogP contribution in [0.3, 0.4) is 0 Å². The van der Waals surface area contributed by atoms with E-state index in [9.17, 15) is 4.79 Å². The quantitative estimate of drug-likeness (QED) is 0.587. The fourth-order valence-corrected chi connectivity index (χ4v) is 4.19. The van der Waals surface area contributed by atoms with Crippen LogP contribution in [0.1, 0.15) is 5.56 Å². The molecule has 0 unspecified atom stereocenters. The first-order valence-electron chi connectivity index (χ1n) is 7.97. The van der Waals surface area contributed by atoms with Crippen LogP contribution in [-0.4, -0.2) is 34.1 Å². The number of amides is 1. The number of hydrogen-bond donors (Lipinski definition) is 0. The zero-order valence-corrected chi connectivity index (χ0v) is 15.4. The topological polar surface area (TPSA) is 54.8 Å². The van der Waals surface area contributed by atoms with Gasteiger partial charge >= 0.3 is 0 Å². The smallest absolute Gasteiger partial charge is 0.267 e. The van der Waals surface area contributed by atoms with Crippen LogP contribution in [0, 0.1) is 0 Å². The van der Waals surface area contributed by atoms with E-state index in [4.69, 9.17) is 4.74 Å². The second-order valence-corrected chi connectivity index (χ2v) is 7.45. The van der Waals surface area contributed by atoms with Crippen LogP contribution < -0.4 is 4.74 Å². The predicted octanol–water partition coefficient (Wildman–Crippen LogP) is 4.25. The van der Waals surface area contributed by atoms with Gasteiger partial charge in [0.05, 0.1) is 4.91 Å². The van der Waals surface area contributed by atoms with Gasteiger partial charge in [0.1, 0.15) is 12.4 Å². The van der Waals surface area contributed by atoms with Crippen molar-refractivity contribution in [1.29, 1.82) is 0 Å². The van der Waals surface area contributed by atoms with Crippen molar-refractivity contribution in [3.8, 4) is 5.75 Å². The summed E-state index contributed by atoms with van der Waals surface area (Å²) in [6.45, 7) is 4.58. The molecular weight excluding hydrogens is 366 g/mol. The third-order valence-corrected chi connectivity index (χ3v) is 5.45. The van der Waals surface area contributed by atoms with Gasteiger partial charge in [-0.3, -0.25) is 9.69 Å². The van der Waals surface area contributed by atoms with E-state index in [1.54, 1.807) is 17.2 Å². The van der Waals surface area contributed by atoms with Crippen LogP contribution in [0.15, 0.2) is 70.0 Å². The molecule has 0 saturated carbocycles. The van der Waals surface area contributed by atoms with Gasteiger partial charge < -0.3 is 4.74 Å². The minimum atomic E-state index is -0.0787. The number of rotatable bonds is 4. The summed E-state index contributed by atoms with van der Waals surface area (Å²) in [7, 11) is 0. The van der Waals surface area contributed by atoms with Crippen LogP contribution in [0.2, 0.25) is 0 Å². The molecule has 1 saturated heterocycles. The maximum Gasteiger partial charge on any atom is 0.267 e. The molecule has 26 heavy (non-hydrogen) atoms. The Morgan fingerprint density at radius 1 is 1.38 bits per heavy atom. The van der Waals surface area contributed by atoms with Crippen LogP contribution in [0.5, 0.6) is 5.75 Å². The van der Waals surface area contributed by atoms with Crippen molar-refractivity contribution in [2.75, 3.05) is 13.2 Å². The van der Waals surface area contributed by atoms with Crippen molar-refractivity contribution < 1.29 is 9.53 Å². The number of fused-ring (bicyclic) bond motifs is 1. The van der Waals surface area contributed by atoms with Gasteiger partial charge in [-0.15, -0.1) is 17.9 Å². The van der Waals surface area contributed by atoms with Crippen molar-refractivity contribution in [3.05, 3.63) is 70.6 Å². The number of benzene rings is 1. The maximum absolute atomic E-state index is 12.8. The molecule has 2 aliphatic heterocycles. The lowest BCUT2D eigenvalue weighted by molar-refractivity contribution is -0.121. The van der Waals surface area contributed by atoms with Crippen LogP contribution >= 0.6 is 23.1 Å². The lowest BCUT2D eigenvalue weighted by Crippen LogP contribution is -2.29. The first-order chi connectivity index (χ1) is 12.7. The highest BCUT2D eigenvalue weighted by Crippen LogP contribution is 2.35. The average molecular weight is 381 g/mol. The summed E-state index contributed by atoms with van der Waals surface area (Å²) in [6.07, 6.45) is 7.32. The Morgan fingerprint density at radius 3 is 3.08 bits per heavy atom. The Kier molecular flexibility index (Phi) is 4.73. The molecule has 0 radical (unpaired) electrons. The molecule has 5 nitrogen and oxygen atoms in total. The summed E-state index contributed by atoms with van der Waals surface area (Å²) in [5.74, 6) is 0.782. The highest BCUT2D eigenvalue weighted by atomic mass is 32.2. The van der Waals surface area contributed by atoms with E-state index < -0.39 is 0 Å². The van der Waals surface area contributed by atoms with E-state index in [0.717, 1.165) is 16.9 Å². The van der Waals surface area contributed by atoms with Crippen molar-refractivity contribution in [3.63, 3.8) is 0 Å². The van der Waals surface area contributed by atoms with Crippen molar-refractivity contribution in [2.45, 2.75) is 0 Å². The van der Waals surface area contributed by atoms with Crippen LogP contribution in [-0.2, 0) is 4.79 Å². The van der Waals surface area contributed by atoms with E-state index in [1.807, 2.05) is 41.8 Å². The third-order valence-electron chi connectivity index (χ3n) is 3.78. The number of ether oxygens (including phenoxy) is 1. The second-order valence-electron chi connectivity index (χ2n) is 5.57. The van der Waals surface area contributed by atoms with Crippen molar-refractivity contribution >= 4 is 45.4 Å². The molecule has 1 amide bonds. The molecular formula is C19H15N3O2S2. The van der Waals surface area contributed by atoms with Gasteiger partial charge in [-0.25, -0.2) is 4.98 Å². The lowest BCUT2D eigenvalue weighted by atomic mass is 10.1. The number of thiazole rings is 1. The Labute approximate surface area is 159 Å². The number of carbonyl (C=O) groups is 1. The molecule has 3 heterocycles. The molecule has 2 aromatic rings. The number of thioether (sulfide) groups is 1. The lowest BCUT2D eigenvalue weighted by Gasteiger charge is -2.16. The molecule has 0 aliphatic carbocycles. The van der Waals surface area contributed by atoms with Gasteiger partial charge in [0.25, 0.3) is 5.91 Å². The number of aromatic nitrogens is 1. The SMILES string of the molecule is C=CCN1C(=O)/C(=C\C2=Cc3ccccc3OC2)SC1=Nc1nccs1. The van der Waals surface area contributed by atoms with Gasteiger partial charge in [-0.2, -0.15) is 4.99 Å². The molecule has 1 aromatic heterocycles. The molecule has 0 N–H and O–H groups in total. The zero-order chi connectivity index (χ0) is 17.9. The van der Waals surface area contributed by atoms with Crippen molar-refractivity contribution in [2.24, 2.45) is 4.99 Å². The summed E-state index contributed by atoms with van der Waals surface area (Å²) in [5.41, 5.74) is 1.97. The van der Waals surface area contributed by atoms with E-state index in [2.05, 4.69) is 16.6 Å². The van der Waals surface area contributed by atoms with Crippen LogP contribution in [0.4, 0.5) is 5.13 Å². The predicted molar refractivity (Wildman–Crippen MR) is 107 cm³/mol. The fraction of sp³-hybridized carbons (Fsp3) is 0.105. The summed E-state index contributed by atoms with van der Waals surface area (Å²) < 4.78 is 5.77. The summed E-state index contributed by atoms with van der Waals surface area (Å²) in [5, 5.41) is 3.11. The Bertz CT molecular complexity index is 945. The number of para-hydroxylation sites is 1. The van der Waals surface area contributed by atoms with E-state index in [0.29, 0.717) is 28.4 Å². The molecule has 0 atom stereocenters. The normalized spacial score (nSPS) is 19.5. The van der Waals surface area contributed by atoms with Gasteiger partial charge in [0.15, 0.2) is 5.17 Å². The van der Waals surface area contributed by atoms with E-state index in [1.165, 1.54) is 23.1 Å². The molecule has 7 heteroatoms. The number of nitrogens with zero attached hydrogens (tertiary/aromatic N) is 3. The molecule has 1 fully saturated rings. The Hall–Kier alpha value is -2.64. The van der Waals surface area contributed by atoms with Crippen molar-refractivity contribution in [1.82, 2.24) is 9.88 Å². The third kappa shape index (κ3) is 3.36. The fourth-order valence-electron chi connectivity index (χ4n) is 2.62. The number of carbonyl (C=O) groups excluding carboxylic acids is 1. The summed E-state index contributed by atoms with van der Waals surface area (Å²) in [4.78, 5) is 23.7. The molecule has 4 rings (SSSR count). The van der Waals surface area contributed by atoms with Gasteiger partial charge in [0.2, 0.25) is 5.13 Å². The maximum atomic E-state index is 12.8. The zero-order valence-electron chi connectivity index (χ0n) is 13.8. The largest absolute Gasteiger partial charge is 0.488 e. The highest BCUT2D eigenvalue weighted by Gasteiger charge is 2.33. The molecule has 130 valence electrons. The monoisotopic (exact) mass is 381 g/mol. The van der Waals surface area contributed by atoms with E-state index in [-0.39, 0.29) is 5.91 Å². The molecule has 2 aliphatic rings. The number of amidine groups is 1. The molecule has 0 bridgehead atoms.